The van der Waals surface area contributed by atoms with E-state index >= 15 is 0 Å². The van der Waals surface area contributed by atoms with Gasteiger partial charge in [0.1, 0.15) is 10.6 Å². The van der Waals surface area contributed by atoms with E-state index in [2.05, 4.69) is 0 Å². The minimum atomic E-state index is -4.66. The molecule has 1 N–H and O–H groups in total. The molecule has 1 amide bonds. The Bertz CT molecular complexity index is 1240. The van der Waals surface area contributed by atoms with Crippen LogP contribution in [0.1, 0.15) is 0 Å². The predicted molar refractivity (Wildman–Crippen MR) is 105 cm³/mol. The number of rotatable bonds is 7. The minimum absolute atomic E-state index is 0.299. The fourth-order valence-corrected chi connectivity index (χ4v) is 4.92. The number of nitrogens with zero attached hydrogens (tertiary/aromatic N) is 1. The quantitative estimate of drug-likeness (QED) is 0.349. The summed E-state index contributed by atoms with van der Waals surface area (Å²) in [5.41, 5.74) is -6.01. The topological polar surface area (TPSA) is 141 Å². The molecule has 0 spiro atoms. The molecule has 0 saturated carbocycles. The Kier molecular flexibility index (Phi) is 7.02. The summed E-state index contributed by atoms with van der Waals surface area (Å²) in [7, 11) is -8.52. The summed E-state index contributed by atoms with van der Waals surface area (Å²) in [5.74, 6) is -2.56. The molecule has 31 heavy (non-hydrogen) atoms. The monoisotopic (exact) mass is 498 g/mol. The maximum atomic E-state index is 12.6. The van der Waals surface area contributed by atoms with Crippen molar-refractivity contribution in [3.8, 4) is 0 Å². The number of anilines is 1. The largest absolute Gasteiger partial charge is 0.446 e. The van der Waals surface area contributed by atoms with Gasteiger partial charge in [-0.05, 0) is 36.0 Å². The Morgan fingerprint density at radius 3 is 2.29 bits per heavy atom. The van der Waals surface area contributed by atoms with Gasteiger partial charge in [-0.25, -0.2) is 16.8 Å². The van der Waals surface area contributed by atoms with Crippen molar-refractivity contribution in [2.45, 2.75) is 20.2 Å². The van der Waals surface area contributed by atoms with Gasteiger partial charge in [0.15, 0.2) is 19.7 Å². The van der Waals surface area contributed by atoms with Crippen LogP contribution in [0.15, 0.2) is 57.2 Å². The van der Waals surface area contributed by atoms with E-state index in [0.29, 0.717) is 12.1 Å². The first-order valence-corrected chi connectivity index (χ1v) is 12.3. The number of hydrogen-bond acceptors (Lipinski definition) is 8. The van der Waals surface area contributed by atoms with E-state index in [0.717, 1.165) is 24.5 Å². The number of thioether (sulfide) groups is 1. The zero-order valence-electron chi connectivity index (χ0n) is 15.4. The molecule has 2 aromatic carbocycles. The van der Waals surface area contributed by atoms with Gasteiger partial charge in [0.05, 0.1) is 15.5 Å². The first-order valence-electron chi connectivity index (χ1n) is 7.96. The summed E-state index contributed by atoms with van der Waals surface area (Å²) in [4.78, 5) is 20.5. The van der Waals surface area contributed by atoms with Crippen molar-refractivity contribution in [1.29, 1.82) is 0 Å². The Hall–Kier alpha value is -2.65. The molecular formula is C16H13F3N2O7S3. The predicted octanol–water partition coefficient (Wildman–Crippen LogP) is 3.02. The van der Waals surface area contributed by atoms with E-state index in [9.17, 15) is 44.9 Å². The SMILES string of the molecule is CS(=O)(=O)c1ccc(S(=O)(=O)CC(=O)Nc2ccccc2SC(F)(F)F)c([N+](=O)[O-])c1. The number of amides is 1. The third-order valence-corrected chi connectivity index (χ3v) is 7.17. The highest BCUT2D eigenvalue weighted by atomic mass is 32.2. The number of sulfone groups is 2. The van der Waals surface area contributed by atoms with Crippen molar-refractivity contribution in [2.24, 2.45) is 0 Å². The molecule has 168 valence electrons. The van der Waals surface area contributed by atoms with E-state index in [-0.39, 0.29) is 10.6 Å². The summed E-state index contributed by atoms with van der Waals surface area (Å²) < 4.78 is 86.1. The first-order chi connectivity index (χ1) is 14.1. The molecule has 0 unspecified atom stereocenters. The molecule has 0 aromatic heterocycles. The van der Waals surface area contributed by atoms with Crippen molar-refractivity contribution >= 4 is 48.7 Å². The summed E-state index contributed by atoms with van der Waals surface area (Å²) in [6.07, 6.45) is 0.768. The van der Waals surface area contributed by atoms with Gasteiger partial charge < -0.3 is 5.32 Å². The van der Waals surface area contributed by atoms with Crippen LogP contribution in [0.25, 0.3) is 0 Å². The fourth-order valence-electron chi connectivity index (χ4n) is 2.35. The lowest BCUT2D eigenvalue weighted by Crippen LogP contribution is -2.24. The Morgan fingerprint density at radius 2 is 1.74 bits per heavy atom. The summed E-state index contributed by atoms with van der Waals surface area (Å²) >= 11 is -0.516. The standard InChI is InChI=1S/C16H13F3N2O7S3/c1-30(25,26)10-6-7-14(12(8-10)21(23)24)31(27,28)9-15(22)20-11-4-2-3-5-13(11)29-16(17,18)19/h2-8H,9H2,1H3,(H,20,22). The van der Waals surface area contributed by atoms with Gasteiger partial charge in [-0.3, -0.25) is 14.9 Å². The third-order valence-electron chi connectivity index (χ3n) is 3.60. The molecule has 2 rings (SSSR count). The van der Waals surface area contributed by atoms with Crippen LogP contribution in [-0.2, 0) is 24.5 Å². The second kappa shape index (κ2) is 8.84. The van der Waals surface area contributed by atoms with Crippen LogP contribution >= 0.6 is 11.8 Å². The molecular weight excluding hydrogens is 485 g/mol. The number of nitrogens with one attached hydrogen (secondary N) is 1. The molecule has 0 bridgehead atoms. The number of carbonyl (C=O) groups is 1. The molecule has 15 heteroatoms. The van der Waals surface area contributed by atoms with Gasteiger partial charge in [0.2, 0.25) is 5.91 Å². The number of nitro groups is 1. The number of halogens is 3. The Balaban J connectivity index is 2.34. The fraction of sp³-hybridized carbons (Fsp3) is 0.188. The molecule has 0 aliphatic heterocycles. The molecule has 0 atom stereocenters. The number of alkyl halides is 3. The van der Waals surface area contributed by atoms with Crippen LogP contribution in [-0.4, -0.2) is 45.2 Å². The number of nitro benzene ring substituents is 1. The lowest BCUT2D eigenvalue weighted by molar-refractivity contribution is -0.388. The molecule has 2 aromatic rings. The van der Waals surface area contributed by atoms with Gasteiger partial charge in [-0.2, -0.15) is 13.2 Å². The van der Waals surface area contributed by atoms with Crippen molar-refractivity contribution < 1.29 is 39.7 Å². The van der Waals surface area contributed by atoms with Gasteiger partial charge in [0, 0.05) is 17.2 Å². The molecule has 0 aliphatic carbocycles. The van der Waals surface area contributed by atoms with Gasteiger partial charge in [0.25, 0.3) is 5.69 Å². The Morgan fingerprint density at radius 1 is 1.13 bits per heavy atom. The van der Waals surface area contributed by atoms with Crippen molar-refractivity contribution in [3.63, 3.8) is 0 Å². The second-order valence-electron chi connectivity index (χ2n) is 6.01. The van der Waals surface area contributed by atoms with Crippen LogP contribution < -0.4 is 5.32 Å². The smallest absolute Gasteiger partial charge is 0.324 e. The average Bonchev–Trinajstić information content (AvgIpc) is 2.60. The van der Waals surface area contributed by atoms with Crippen LogP contribution in [0.3, 0.4) is 0 Å². The molecule has 0 fully saturated rings. The first kappa shape index (κ1) is 24.6. The van der Waals surface area contributed by atoms with Crippen LogP contribution in [0.4, 0.5) is 24.5 Å². The molecule has 9 nitrogen and oxygen atoms in total. The zero-order chi connectivity index (χ0) is 23.6. The summed E-state index contributed by atoms with van der Waals surface area (Å²) in [5, 5.41) is 13.3. The van der Waals surface area contributed by atoms with Crippen molar-refractivity contribution in [2.75, 3.05) is 17.3 Å². The number of benzene rings is 2. The maximum absolute atomic E-state index is 12.6. The molecule has 0 aliphatic rings. The van der Waals surface area contributed by atoms with E-state index in [4.69, 9.17) is 0 Å². The highest BCUT2D eigenvalue weighted by Crippen LogP contribution is 2.40. The number of para-hydroxylation sites is 1. The highest BCUT2D eigenvalue weighted by Gasteiger charge is 2.32. The van der Waals surface area contributed by atoms with E-state index in [1.165, 1.54) is 12.1 Å². The number of carbonyl (C=O) groups excluding carboxylic acids is 1. The Labute approximate surface area is 178 Å². The summed E-state index contributed by atoms with van der Waals surface area (Å²) in [6, 6.07) is 6.87. The lowest BCUT2D eigenvalue weighted by Gasteiger charge is -2.12. The highest BCUT2D eigenvalue weighted by molar-refractivity contribution is 8.00. The molecule has 0 heterocycles. The van der Waals surface area contributed by atoms with E-state index < -0.39 is 69.0 Å². The normalized spacial score (nSPS) is 12.4. The van der Waals surface area contributed by atoms with Gasteiger partial charge in [-0.1, -0.05) is 12.1 Å². The minimum Gasteiger partial charge on any atom is -0.324 e. The van der Waals surface area contributed by atoms with Crippen LogP contribution in [0.2, 0.25) is 0 Å². The van der Waals surface area contributed by atoms with Crippen molar-refractivity contribution in [1.82, 2.24) is 0 Å². The third kappa shape index (κ3) is 6.67. The van der Waals surface area contributed by atoms with Gasteiger partial charge in [-0.15, -0.1) is 0 Å². The lowest BCUT2D eigenvalue weighted by atomic mass is 10.3. The van der Waals surface area contributed by atoms with Crippen molar-refractivity contribution in [3.05, 3.63) is 52.6 Å². The van der Waals surface area contributed by atoms with Crippen LogP contribution in [0.5, 0.6) is 0 Å². The summed E-state index contributed by atoms with van der Waals surface area (Å²) in [6.45, 7) is 0. The van der Waals surface area contributed by atoms with E-state index in [1.54, 1.807) is 0 Å². The average molecular weight is 498 g/mol. The zero-order valence-corrected chi connectivity index (χ0v) is 17.9. The second-order valence-corrected chi connectivity index (χ2v) is 11.1. The molecule has 0 saturated heterocycles. The van der Waals surface area contributed by atoms with Crippen LogP contribution in [0, 0.1) is 10.1 Å². The molecule has 0 radical (unpaired) electrons. The van der Waals surface area contributed by atoms with E-state index in [1.807, 2.05) is 5.32 Å². The number of hydrogen-bond donors (Lipinski definition) is 1. The maximum Gasteiger partial charge on any atom is 0.446 e. The van der Waals surface area contributed by atoms with Gasteiger partial charge >= 0.3 is 5.51 Å².